The van der Waals surface area contributed by atoms with Gasteiger partial charge in [0.1, 0.15) is 11.4 Å². The lowest BCUT2D eigenvalue weighted by atomic mass is 9.64. The molecule has 1 heterocycles. The minimum absolute atomic E-state index is 0.129. The molecule has 0 unspecified atom stereocenters. The van der Waals surface area contributed by atoms with E-state index in [9.17, 15) is 4.39 Å². The highest BCUT2D eigenvalue weighted by molar-refractivity contribution is 5.79. The van der Waals surface area contributed by atoms with Gasteiger partial charge in [-0.1, -0.05) is 12.5 Å². The molecule has 0 spiro atoms. The molecule has 1 aromatic carbocycles. The molecule has 1 aliphatic carbocycles. The van der Waals surface area contributed by atoms with Crippen LogP contribution < -0.4 is 5.73 Å². The van der Waals surface area contributed by atoms with E-state index >= 15 is 0 Å². The van der Waals surface area contributed by atoms with Crippen molar-refractivity contribution in [2.24, 2.45) is 5.73 Å². The van der Waals surface area contributed by atoms with Crippen LogP contribution in [0.3, 0.4) is 0 Å². The first-order valence-electron chi connectivity index (χ1n) is 5.63. The van der Waals surface area contributed by atoms with Gasteiger partial charge >= 0.3 is 0 Å². The van der Waals surface area contributed by atoms with Crippen LogP contribution in [-0.2, 0) is 5.41 Å². The Kier molecular flexibility index (Phi) is 2.04. The Labute approximate surface area is 93.2 Å². The zero-order valence-corrected chi connectivity index (χ0v) is 9.00. The quantitative estimate of drug-likeness (QED) is 0.843. The summed E-state index contributed by atoms with van der Waals surface area (Å²) in [6.07, 6.45) is 4.64. The van der Waals surface area contributed by atoms with E-state index in [0.29, 0.717) is 17.5 Å². The van der Waals surface area contributed by atoms with Crippen LogP contribution >= 0.6 is 0 Å². The second-order valence-electron chi connectivity index (χ2n) is 4.60. The number of fused-ring (bicyclic) bond motifs is 1. The van der Waals surface area contributed by atoms with E-state index in [1.165, 1.54) is 6.26 Å². The molecule has 16 heavy (non-hydrogen) atoms. The Bertz CT molecular complexity index is 522. The Balaban J connectivity index is 2.19. The molecule has 0 radical (unpaired) electrons. The van der Waals surface area contributed by atoms with E-state index in [1.807, 2.05) is 12.1 Å². The second kappa shape index (κ2) is 3.32. The first-order chi connectivity index (χ1) is 7.77. The number of benzene rings is 1. The molecule has 1 fully saturated rings. The van der Waals surface area contributed by atoms with E-state index in [4.69, 9.17) is 10.2 Å². The van der Waals surface area contributed by atoms with Gasteiger partial charge in [-0.3, -0.25) is 0 Å². The summed E-state index contributed by atoms with van der Waals surface area (Å²) >= 11 is 0. The summed E-state index contributed by atoms with van der Waals surface area (Å²) in [4.78, 5) is 0. The minimum atomic E-state index is -0.156. The summed E-state index contributed by atoms with van der Waals surface area (Å²) < 4.78 is 19.5. The number of nitrogens with two attached hydrogens (primary N) is 1. The molecule has 0 atom stereocenters. The average molecular weight is 219 g/mol. The normalized spacial score (nSPS) is 18.6. The fraction of sp³-hybridized carbons (Fsp3) is 0.385. The van der Waals surface area contributed by atoms with Crippen LogP contribution in [-0.4, -0.2) is 6.54 Å². The van der Waals surface area contributed by atoms with E-state index in [2.05, 4.69) is 0 Å². The largest absolute Gasteiger partial charge is 0.464 e. The van der Waals surface area contributed by atoms with Gasteiger partial charge in [-0.2, -0.15) is 0 Å². The van der Waals surface area contributed by atoms with Crippen molar-refractivity contribution in [1.82, 2.24) is 0 Å². The predicted octanol–water partition coefficient (Wildman–Crippen LogP) is 2.95. The number of hydrogen-bond donors (Lipinski definition) is 1. The molecule has 2 N–H and O–H groups in total. The van der Waals surface area contributed by atoms with Gasteiger partial charge in [0.05, 0.1) is 11.6 Å². The van der Waals surface area contributed by atoms with Gasteiger partial charge in [0.25, 0.3) is 0 Å². The number of furan rings is 1. The zero-order valence-electron chi connectivity index (χ0n) is 9.00. The number of halogens is 1. The Morgan fingerprint density at radius 1 is 1.31 bits per heavy atom. The summed E-state index contributed by atoms with van der Waals surface area (Å²) in [5.41, 5.74) is 7.03. The molecule has 2 aromatic rings. The Hall–Kier alpha value is -1.35. The lowest BCUT2D eigenvalue weighted by Crippen LogP contribution is -2.42. The molecule has 1 aromatic heterocycles. The first kappa shape index (κ1) is 9.85. The van der Waals surface area contributed by atoms with Gasteiger partial charge < -0.3 is 10.2 Å². The lowest BCUT2D eigenvalue weighted by Gasteiger charge is -2.41. The van der Waals surface area contributed by atoms with Gasteiger partial charge in [-0.25, -0.2) is 4.39 Å². The molecule has 1 saturated carbocycles. The van der Waals surface area contributed by atoms with Gasteiger partial charge in [-0.05, 0) is 30.5 Å². The lowest BCUT2D eigenvalue weighted by molar-refractivity contribution is 0.245. The van der Waals surface area contributed by atoms with E-state index in [1.54, 1.807) is 6.07 Å². The number of hydrogen-bond acceptors (Lipinski definition) is 2. The molecular formula is C13H14FNO. The van der Waals surface area contributed by atoms with Crippen LogP contribution in [0.2, 0.25) is 0 Å². The average Bonchev–Trinajstić information content (AvgIpc) is 2.69. The van der Waals surface area contributed by atoms with Crippen molar-refractivity contribution in [2.45, 2.75) is 24.7 Å². The van der Waals surface area contributed by atoms with Gasteiger partial charge in [0.15, 0.2) is 0 Å². The summed E-state index contributed by atoms with van der Waals surface area (Å²) in [5, 5.41) is 0.567. The van der Waals surface area contributed by atoms with Crippen molar-refractivity contribution in [2.75, 3.05) is 6.54 Å². The van der Waals surface area contributed by atoms with Crippen molar-refractivity contribution in [3.05, 3.63) is 35.8 Å². The molecular weight excluding hydrogens is 205 g/mol. The van der Waals surface area contributed by atoms with E-state index < -0.39 is 0 Å². The van der Waals surface area contributed by atoms with Crippen LogP contribution in [0.4, 0.5) is 4.39 Å². The third kappa shape index (κ3) is 1.15. The molecule has 2 nitrogen and oxygen atoms in total. The predicted molar refractivity (Wildman–Crippen MR) is 60.8 cm³/mol. The standard InChI is InChI=1S/C13H14FNO/c14-12-9-4-7-16-11(9)3-2-10(12)13(8-15)5-1-6-13/h2-4,7H,1,5-6,8,15H2. The molecule has 0 aliphatic heterocycles. The highest BCUT2D eigenvalue weighted by Crippen LogP contribution is 2.44. The summed E-state index contributed by atoms with van der Waals surface area (Å²) in [5.74, 6) is -0.156. The fourth-order valence-electron chi connectivity index (χ4n) is 2.61. The van der Waals surface area contributed by atoms with Gasteiger partial charge in [0, 0.05) is 12.0 Å². The molecule has 0 amide bonds. The van der Waals surface area contributed by atoms with Gasteiger partial charge in [0.2, 0.25) is 0 Å². The highest BCUT2D eigenvalue weighted by atomic mass is 19.1. The van der Waals surface area contributed by atoms with Crippen LogP contribution in [0, 0.1) is 5.82 Å². The van der Waals surface area contributed by atoms with Gasteiger partial charge in [-0.15, -0.1) is 0 Å². The molecule has 3 rings (SSSR count). The van der Waals surface area contributed by atoms with E-state index in [0.717, 1.165) is 24.8 Å². The van der Waals surface area contributed by atoms with Crippen molar-refractivity contribution in [3.63, 3.8) is 0 Å². The second-order valence-corrected chi connectivity index (χ2v) is 4.60. The maximum atomic E-state index is 14.3. The van der Waals surface area contributed by atoms with Crippen LogP contribution in [0.1, 0.15) is 24.8 Å². The van der Waals surface area contributed by atoms with Crippen LogP contribution in [0.5, 0.6) is 0 Å². The third-order valence-electron chi connectivity index (χ3n) is 3.84. The maximum Gasteiger partial charge on any atom is 0.138 e. The summed E-state index contributed by atoms with van der Waals surface area (Å²) in [7, 11) is 0. The monoisotopic (exact) mass is 219 g/mol. The molecule has 0 bridgehead atoms. The van der Waals surface area contributed by atoms with Crippen LogP contribution in [0.25, 0.3) is 11.0 Å². The topological polar surface area (TPSA) is 39.2 Å². The van der Waals surface area contributed by atoms with E-state index in [-0.39, 0.29) is 11.2 Å². The minimum Gasteiger partial charge on any atom is -0.464 e. The Morgan fingerprint density at radius 2 is 2.12 bits per heavy atom. The van der Waals surface area contributed by atoms with Crippen LogP contribution in [0.15, 0.2) is 28.9 Å². The maximum absolute atomic E-state index is 14.3. The van der Waals surface area contributed by atoms with Crippen molar-refractivity contribution in [3.8, 4) is 0 Å². The van der Waals surface area contributed by atoms with Crippen molar-refractivity contribution in [1.29, 1.82) is 0 Å². The molecule has 1 aliphatic rings. The fourth-order valence-corrected chi connectivity index (χ4v) is 2.61. The first-order valence-corrected chi connectivity index (χ1v) is 5.63. The zero-order chi connectivity index (χ0) is 11.2. The summed E-state index contributed by atoms with van der Waals surface area (Å²) in [6.45, 7) is 0.521. The molecule has 0 saturated heterocycles. The van der Waals surface area contributed by atoms with Crippen molar-refractivity contribution >= 4 is 11.0 Å². The summed E-state index contributed by atoms with van der Waals surface area (Å²) in [6, 6.07) is 5.34. The highest BCUT2D eigenvalue weighted by Gasteiger charge is 2.39. The molecule has 84 valence electrons. The smallest absolute Gasteiger partial charge is 0.138 e. The number of rotatable bonds is 2. The third-order valence-corrected chi connectivity index (χ3v) is 3.84. The Morgan fingerprint density at radius 3 is 2.75 bits per heavy atom. The SMILES string of the molecule is NCC1(c2ccc3occc3c2F)CCC1. The van der Waals surface area contributed by atoms with Crippen molar-refractivity contribution < 1.29 is 8.81 Å². The molecule has 3 heteroatoms.